The molecule has 19 heavy (non-hydrogen) atoms. The van der Waals surface area contributed by atoms with Crippen LogP contribution in [0, 0.1) is 0 Å². The Balaban J connectivity index is 2.39. The molecule has 104 valence electrons. The summed E-state index contributed by atoms with van der Waals surface area (Å²) in [5.41, 5.74) is -2.83. The van der Waals surface area contributed by atoms with E-state index in [4.69, 9.17) is 9.84 Å². The molecule has 1 aromatic heterocycles. The van der Waals surface area contributed by atoms with Crippen LogP contribution in [0.3, 0.4) is 0 Å². The molecule has 0 saturated carbocycles. The van der Waals surface area contributed by atoms with Gasteiger partial charge in [0.05, 0.1) is 18.8 Å². The Kier molecular flexibility index (Phi) is 4.02. The number of aromatic amines is 1. The largest absolute Gasteiger partial charge is 0.393 e. The third kappa shape index (κ3) is 2.85. The lowest BCUT2D eigenvalue weighted by Gasteiger charge is -2.15. The number of hydrogen-bond acceptors (Lipinski definition) is 4. The molecule has 0 amide bonds. The summed E-state index contributed by atoms with van der Waals surface area (Å²) in [5.74, 6) is 0. The molecule has 8 heteroatoms. The van der Waals surface area contributed by atoms with Gasteiger partial charge in [0.15, 0.2) is 5.67 Å². The van der Waals surface area contributed by atoms with Gasteiger partial charge in [0, 0.05) is 12.6 Å². The Hall–Kier alpha value is -1.25. The first-order valence-corrected chi connectivity index (χ1v) is 6.44. The molecule has 0 aliphatic carbocycles. The summed E-state index contributed by atoms with van der Waals surface area (Å²) in [4.78, 5) is 26.8. The van der Waals surface area contributed by atoms with Gasteiger partial charge in [-0.25, -0.2) is 9.18 Å². The number of aliphatic hydroxyl groups excluding tert-OH is 1. The molecular formula is C11H12BrFN2O4. The summed E-state index contributed by atoms with van der Waals surface area (Å²) in [6, 6.07) is 0. The number of halogens is 2. The van der Waals surface area contributed by atoms with Crippen LogP contribution in [0.5, 0.6) is 0 Å². The molecule has 1 saturated heterocycles. The Bertz CT molecular complexity index is 611. The van der Waals surface area contributed by atoms with Crippen molar-refractivity contribution in [3.8, 4) is 0 Å². The highest BCUT2D eigenvalue weighted by molar-refractivity contribution is 9.11. The molecule has 1 aliphatic heterocycles. The van der Waals surface area contributed by atoms with Crippen molar-refractivity contribution in [1.29, 1.82) is 0 Å². The predicted octanol–water partition coefficient (Wildman–Crippen LogP) is 0.522. The van der Waals surface area contributed by atoms with E-state index in [-0.39, 0.29) is 18.6 Å². The molecule has 0 radical (unpaired) electrons. The van der Waals surface area contributed by atoms with Crippen LogP contribution >= 0.6 is 15.9 Å². The SMILES string of the molecule is O=c1[nH]c(=O)n(C2CC(F)(CO)CO2)cc1C=CBr. The number of aliphatic hydroxyl groups is 1. The normalized spacial score (nSPS) is 27.2. The number of nitrogens with one attached hydrogen (secondary N) is 1. The lowest BCUT2D eigenvalue weighted by molar-refractivity contribution is 0.0272. The molecule has 0 spiro atoms. The molecule has 2 heterocycles. The van der Waals surface area contributed by atoms with Crippen molar-refractivity contribution in [3.05, 3.63) is 37.6 Å². The summed E-state index contributed by atoms with van der Waals surface area (Å²) >= 11 is 3.03. The Labute approximate surface area is 115 Å². The zero-order chi connectivity index (χ0) is 14.0. The quantitative estimate of drug-likeness (QED) is 0.844. The van der Waals surface area contributed by atoms with Crippen molar-refractivity contribution in [2.45, 2.75) is 18.3 Å². The van der Waals surface area contributed by atoms with E-state index in [2.05, 4.69) is 20.9 Å². The highest BCUT2D eigenvalue weighted by atomic mass is 79.9. The van der Waals surface area contributed by atoms with Crippen LogP contribution in [0.15, 0.2) is 20.8 Å². The van der Waals surface area contributed by atoms with Gasteiger partial charge in [0.1, 0.15) is 6.23 Å². The fourth-order valence-electron chi connectivity index (χ4n) is 1.87. The van der Waals surface area contributed by atoms with Crippen molar-refractivity contribution < 1.29 is 14.2 Å². The molecule has 1 aliphatic rings. The van der Waals surface area contributed by atoms with E-state index in [1.807, 2.05) is 0 Å². The van der Waals surface area contributed by atoms with E-state index in [0.29, 0.717) is 0 Å². The van der Waals surface area contributed by atoms with E-state index in [0.717, 1.165) is 4.57 Å². The van der Waals surface area contributed by atoms with Gasteiger partial charge < -0.3 is 9.84 Å². The van der Waals surface area contributed by atoms with E-state index in [9.17, 15) is 14.0 Å². The molecule has 0 bridgehead atoms. The smallest absolute Gasteiger partial charge is 0.330 e. The van der Waals surface area contributed by atoms with Crippen LogP contribution < -0.4 is 11.2 Å². The second-order valence-electron chi connectivity index (χ2n) is 4.32. The van der Waals surface area contributed by atoms with Crippen LogP contribution in [0.1, 0.15) is 18.2 Å². The third-order valence-electron chi connectivity index (χ3n) is 2.91. The summed E-state index contributed by atoms with van der Waals surface area (Å²) in [5, 5.41) is 8.92. The summed E-state index contributed by atoms with van der Waals surface area (Å²) < 4.78 is 20.1. The van der Waals surface area contributed by atoms with Crippen LogP contribution in [0.25, 0.3) is 6.08 Å². The minimum absolute atomic E-state index is 0.146. The second-order valence-corrected chi connectivity index (χ2v) is 4.85. The molecule has 2 rings (SSSR count). The molecule has 2 N–H and O–H groups in total. The number of alkyl halides is 1. The average molecular weight is 335 g/mol. The molecule has 0 aromatic carbocycles. The van der Waals surface area contributed by atoms with Crippen molar-refractivity contribution in [2.75, 3.05) is 13.2 Å². The fourth-order valence-corrected chi connectivity index (χ4v) is 2.15. The Morgan fingerprint density at radius 3 is 3.00 bits per heavy atom. The zero-order valence-corrected chi connectivity index (χ0v) is 11.4. The topological polar surface area (TPSA) is 84.3 Å². The lowest BCUT2D eigenvalue weighted by Crippen LogP contribution is -2.34. The maximum absolute atomic E-state index is 13.9. The first-order valence-electron chi connectivity index (χ1n) is 5.53. The van der Waals surface area contributed by atoms with E-state index < -0.39 is 29.8 Å². The number of rotatable bonds is 3. The molecule has 2 unspecified atom stereocenters. The maximum Gasteiger partial charge on any atom is 0.330 e. The van der Waals surface area contributed by atoms with Gasteiger partial charge >= 0.3 is 5.69 Å². The minimum atomic E-state index is -1.86. The van der Waals surface area contributed by atoms with Gasteiger partial charge in [-0.15, -0.1) is 0 Å². The maximum atomic E-state index is 13.9. The van der Waals surface area contributed by atoms with Crippen LogP contribution in [0.4, 0.5) is 4.39 Å². The van der Waals surface area contributed by atoms with Crippen LogP contribution in [0.2, 0.25) is 0 Å². The molecule has 1 fully saturated rings. The average Bonchev–Trinajstić information content (AvgIpc) is 2.76. The van der Waals surface area contributed by atoms with Crippen molar-refractivity contribution in [1.82, 2.24) is 9.55 Å². The van der Waals surface area contributed by atoms with Crippen molar-refractivity contribution in [2.24, 2.45) is 0 Å². The van der Waals surface area contributed by atoms with Gasteiger partial charge in [-0.2, -0.15) is 0 Å². The van der Waals surface area contributed by atoms with Crippen LogP contribution in [-0.2, 0) is 4.74 Å². The lowest BCUT2D eigenvalue weighted by atomic mass is 10.1. The number of ether oxygens (including phenoxy) is 1. The predicted molar refractivity (Wildman–Crippen MR) is 69.8 cm³/mol. The Morgan fingerprint density at radius 2 is 2.42 bits per heavy atom. The number of nitrogens with zero attached hydrogens (tertiary/aromatic N) is 1. The van der Waals surface area contributed by atoms with Gasteiger partial charge in [-0.1, -0.05) is 15.9 Å². The zero-order valence-electron chi connectivity index (χ0n) is 9.81. The monoisotopic (exact) mass is 334 g/mol. The number of aromatic nitrogens is 2. The minimum Gasteiger partial charge on any atom is -0.393 e. The summed E-state index contributed by atoms with van der Waals surface area (Å²) in [7, 11) is 0. The van der Waals surface area contributed by atoms with Crippen LogP contribution in [-0.4, -0.2) is 33.5 Å². The highest BCUT2D eigenvalue weighted by Crippen LogP contribution is 2.33. The standard InChI is InChI=1S/C11H12BrFN2O4/c12-2-1-7-4-15(10(18)14-9(7)17)8-3-11(13,5-16)6-19-8/h1-2,4,8,16H,3,5-6H2,(H,14,17,18). The molecule has 6 nitrogen and oxygen atoms in total. The van der Waals surface area contributed by atoms with E-state index in [1.165, 1.54) is 17.3 Å². The second kappa shape index (κ2) is 5.40. The van der Waals surface area contributed by atoms with Gasteiger partial charge in [0.25, 0.3) is 5.56 Å². The fraction of sp³-hybridized carbons (Fsp3) is 0.455. The first-order chi connectivity index (χ1) is 8.99. The first kappa shape index (κ1) is 14.2. The number of H-pyrrole nitrogens is 1. The summed E-state index contributed by atoms with van der Waals surface area (Å²) in [6.45, 7) is -0.959. The molecule has 1 aromatic rings. The van der Waals surface area contributed by atoms with E-state index in [1.54, 1.807) is 0 Å². The summed E-state index contributed by atoms with van der Waals surface area (Å²) in [6.07, 6.45) is 1.77. The van der Waals surface area contributed by atoms with Crippen molar-refractivity contribution >= 4 is 22.0 Å². The van der Waals surface area contributed by atoms with Crippen molar-refractivity contribution in [3.63, 3.8) is 0 Å². The molecular weight excluding hydrogens is 323 g/mol. The molecule has 2 atom stereocenters. The van der Waals surface area contributed by atoms with Gasteiger partial charge in [0.2, 0.25) is 0 Å². The third-order valence-corrected chi connectivity index (χ3v) is 3.17. The highest BCUT2D eigenvalue weighted by Gasteiger charge is 2.41. The van der Waals surface area contributed by atoms with E-state index >= 15 is 0 Å². The van der Waals surface area contributed by atoms with Gasteiger partial charge in [-0.3, -0.25) is 14.3 Å². The Morgan fingerprint density at radius 1 is 1.68 bits per heavy atom. The van der Waals surface area contributed by atoms with Gasteiger partial charge in [-0.05, 0) is 11.1 Å². The number of hydrogen-bond donors (Lipinski definition) is 2.